The second-order valence-corrected chi connectivity index (χ2v) is 13.0. The van der Waals surface area contributed by atoms with Crippen molar-refractivity contribution in [2.24, 2.45) is 5.92 Å². The van der Waals surface area contributed by atoms with E-state index in [-0.39, 0.29) is 30.4 Å². The highest BCUT2D eigenvalue weighted by atomic mass is 19.4. The third kappa shape index (κ3) is 7.41. The fourth-order valence-corrected chi connectivity index (χ4v) is 6.62. The molecule has 3 aromatic rings. The van der Waals surface area contributed by atoms with Crippen molar-refractivity contribution in [1.82, 2.24) is 9.88 Å². The molecule has 1 fully saturated rings. The zero-order chi connectivity index (χ0) is 35.8. The molecule has 2 aromatic carbocycles. The molecular formula is C36H42F3N7O3. The molecule has 49 heavy (non-hydrogen) atoms. The van der Waals surface area contributed by atoms with Gasteiger partial charge in [-0.25, -0.2) is 4.98 Å². The smallest absolute Gasteiger partial charge is 0.372 e. The molecule has 0 saturated carbocycles. The van der Waals surface area contributed by atoms with Crippen molar-refractivity contribution < 1.29 is 27.6 Å². The van der Waals surface area contributed by atoms with E-state index in [0.717, 1.165) is 46.1 Å². The SMILES string of the molecule is C=CC(=O)Nc1ccc(CN2C[C@H]3CC(=O)N(c4cc(C(F)(F)F)cc(C)n4)[C@@H]3C(=O)N(C)c3cccc(C)c32)cc1N(C)CCN(C)C. The highest BCUT2D eigenvalue weighted by Crippen LogP contribution is 2.42. The molecule has 0 radical (unpaired) electrons. The number of benzene rings is 2. The summed E-state index contributed by atoms with van der Waals surface area (Å²) in [7, 11) is 7.55. The zero-order valence-electron chi connectivity index (χ0n) is 28.6. The molecule has 5 rings (SSSR count). The number of fused-ring (bicyclic) bond motifs is 2. The molecule has 1 saturated heterocycles. The second-order valence-electron chi connectivity index (χ2n) is 13.0. The van der Waals surface area contributed by atoms with Gasteiger partial charge in [0.2, 0.25) is 17.7 Å². The van der Waals surface area contributed by atoms with Gasteiger partial charge in [0.05, 0.1) is 28.3 Å². The van der Waals surface area contributed by atoms with Crippen LogP contribution in [-0.4, -0.2) is 81.5 Å². The summed E-state index contributed by atoms with van der Waals surface area (Å²) >= 11 is 0. The molecule has 2 aliphatic rings. The molecule has 3 amide bonds. The number of carbonyl (C=O) groups is 3. The van der Waals surface area contributed by atoms with Crippen LogP contribution in [0.1, 0.15) is 28.8 Å². The second kappa shape index (κ2) is 13.9. The lowest BCUT2D eigenvalue weighted by atomic mass is 9.94. The van der Waals surface area contributed by atoms with Gasteiger partial charge in [-0.3, -0.25) is 19.3 Å². The number of hydrogen-bond donors (Lipinski definition) is 1. The van der Waals surface area contributed by atoms with Gasteiger partial charge in [0.25, 0.3) is 0 Å². The first-order valence-electron chi connectivity index (χ1n) is 16.0. The van der Waals surface area contributed by atoms with E-state index in [1.165, 1.54) is 17.9 Å². The van der Waals surface area contributed by atoms with E-state index in [1.807, 2.05) is 64.5 Å². The van der Waals surface area contributed by atoms with Crippen LogP contribution in [0.4, 0.5) is 41.7 Å². The number of carbonyl (C=O) groups excluding carboxylic acids is 3. The lowest BCUT2D eigenvalue weighted by Crippen LogP contribution is -2.52. The number of aryl methyl sites for hydroxylation is 2. The minimum absolute atomic E-state index is 0.0377. The third-order valence-electron chi connectivity index (χ3n) is 9.05. The van der Waals surface area contributed by atoms with Gasteiger partial charge in [0.15, 0.2) is 0 Å². The molecule has 2 atom stereocenters. The number of pyridine rings is 1. The van der Waals surface area contributed by atoms with E-state index >= 15 is 0 Å². The number of nitrogens with one attached hydrogen (secondary N) is 1. The van der Waals surface area contributed by atoms with Crippen molar-refractivity contribution in [3.05, 3.63) is 83.6 Å². The average Bonchev–Trinajstić information content (AvgIpc) is 3.36. The van der Waals surface area contributed by atoms with Gasteiger partial charge in [-0.05, 0) is 75.5 Å². The average molecular weight is 678 g/mol. The van der Waals surface area contributed by atoms with Crippen molar-refractivity contribution >= 4 is 46.3 Å². The third-order valence-corrected chi connectivity index (χ3v) is 9.05. The van der Waals surface area contributed by atoms with Crippen LogP contribution in [-0.2, 0) is 27.1 Å². The monoisotopic (exact) mass is 677 g/mol. The predicted octanol–water partition coefficient (Wildman–Crippen LogP) is 5.24. The van der Waals surface area contributed by atoms with Gasteiger partial charge < -0.3 is 24.9 Å². The number of halogens is 3. The molecule has 0 aliphatic carbocycles. The Hall–Kier alpha value is -4.91. The van der Waals surface area contributed by atoms with Crippen LogP contribution in [0.5, 0.6) is 0 Å². The number of nitrogens with zero attached hydrogens (tertiary/aromatic N) is 6. The summed E-state index contributed by atoms with van der Waals surface area (Å²) in [5.41, 5.74) is 3.88. The summed E-state index contributed by atoms with van der Waals surface area (Å²) in [6.07, 6.45) is -3.47. The topological polar surface area (TPSA) is 92.3 Å². The van der Waals surface area contributed by atoms with Crippen LogP contribution in [0.3, 0.4) is 0 Å². The van der Waals surface area contributed by atoms with Crippen LogP contribution in [0.25, 0.3) is 0 Å². The number of hydrogen-bond acceptors (Lipinski definition) is 7. The summed E-state index contributed by atoms with van der Waals surface area (Å²) in [4.78, 5) is 53.3. The van der Waals surface area contributed by atoms with Crippen molar-refractivity contribution in [2.45, 2.75) is 39.0 Å². The minimum Gasteiger partial charge on any atom is -0.372 e. The molecule has 2 aliphatic heterocycles. The molecule has 1 aromatic heterocycles. The molecular weight excluding hydrogens is 635 g/mol. The van der Waals surface area contributed by atoms with E-state index in [1.54, 1.807) is 7.05 Å². The van der Waals surface area contributed by atoms with Crippen LogP contribution >= 0.6 is 0 Å². The van der Waals surface area contributed by atoms with E-state index < -0.39 is 35.5 Å². The van der Waals surface area contributed by atoms with Crippen LogP contribution in [0.2, 0.25) is 0 Å². The first-order chi connectivity index (χ1) is 23.1. The standard InChI is InChI=1S/C36H42F3N7O3/c1-8-31(47)41-27-13-12-24(17-29(27)43(6)15-14-42(4)5)20-45-21-25-18-32(48)46(30-19-26(36(37,38)39)16-23(3)40-30)34(25)35(49)44(7)28-11-9-10-22(2)33(28)45/h8-13,16-17,19,25,34H,1,14-15,18,20-21H2,2-7H3,(H,41,47)/t25-,34+/m1/s1. The van der Waals surface area contributed by atoms with Gasteiger partial charge in [-0.15, -0.1) is 0 Å². The number of likely N-dealkylation sites (N-methyl/N-ethyl adjacent to an activating group) is 3. The van der Waals surface area contributed by atoms with Crippen molar-refractivity contribution in [3.63, 3.8) is 0 Å². The minimum atomic E-state index is -4.65. The van der Waals surface area contributed by atoms with Gasteiger partial charge in [-0.1, -0.05) is 24.8 Å². The first-order valence-corrected chi connectivity index (χ1v) is 16.0. The van der Waals surface area contributed by atoms with E-state index in [4.69, 9.17) is 0 Å². The van der Waals surface area contributed by atoms with Gasteiger partial charge in [-0.2, -0.15) is 13.2 Å². The number of amides is 3. The Morgan fingerprint density at radius 1 is 1.08 bits per heavy atom. The number of alkyl halides is 3. The zero-order valence-corrected chi connectivity index (χ0v) is 28.6. The highest BCUT2D eigenvalue weighted by molar-refractivity contribution is 6.10. The normalized spacial score (nSPS) is 17.9. The van der Waals surface area contributed by atoms with Crippen LogP contribution in [0, 0.1) is 19.8 Å². The molecule has 0 unspecified atom stereocenters. The molecule has 0 bridgehead atoms. The Balaban J connectivity index is 1.57. The summed E-state index contributed by atoms with van der Waals surface area (Å²) in [5.74, 6) is -1.92. The number of rotatable bonds is 9. The summed E-state index contributed by atoms with van der Waals surface area (Å²) in [6.45, 7) is 9.11. The number of para-hydroxylation sites is 1. The Morgan fingerprint density at radius 2 is 1.82 bits per heavy atom. The maximum atomic E-state index is 14.2. The van der Waals surface area contributed by atoms with Gasteiger partial charge in [0, 0.05) is 58.3 Å². The summed E-state index contributed by atoms with van der Waals surface area (Å²) < 4.78 is 41.4. The fraction of sp³-hybridized carbons (Fsp3) is 0.389. The van der Waals surface area contributed by atoms with Crippen LogP contribution in [0.15, 0.2) is 61.2 Å². The molecule has 10 nitrogen and oxygen atoms in total. The van der Waals surface area contributed by atoms with Gasteiger partial charge in [0.1, 0.15) is 11.9 Å². The van der Waals surface area contributed by atoms with E-state index in [2.05, 4.69) is 31.6 Å². The lowest BCUT2D eigenvalue weighted by Gasteiger charge is -2.39. The van der Waals surface area contributed by atoms with Crippen molar-refractivity contribution in [3.8, 4) is 0 Å². The predicted molar refractivity (Wildman–Crippen MR) is 186 cm³/mol. The molecule has 0 spiro atoms. The molecule has 3 heterocycles. The first kappa shape index (κ1) is 35.4. The summed E-state index contributed by atoms with van der Waals surface area (Å²) in [6, 6.07) is 12.1. The lowest BCUT2D eigenvalue weighted by molar-refractivity contribution is -0.137. The quantitative estimate of drug-likeness (QED) is 0.310. The molecule has 1 N–H and O–H groups in total. The Labute approximate surface area is 284 Å². The molecule has 13 heteroatoms. The highest BCUT2D eigenvalue weighted by Gasteiger charge is 2.49. The Kier molecular flexibility index (Phi) is 10.0. The fourth-order valence-electron chi connectivity index (χ4n) is 6.62. The largest absolute Gasteiger partial charge is 0.416 e. The number of anilines is 5. The Bertz CT molecular complexity index is 1780. The van der Waals surface area contributed by atoms with E-state index in [0.29, 0.717) is 24.5 Å². The van der Waals surface area contributed by atoms with Crippen LogP contribution < -0.4 is 24.9 Å². The molecule has 260 valence electrons. The maximum Gasteiger partial charge on any atom is 0.416 e. The van der Waals surface area contributed by atoms with E-state index in [9.17, 15) is 27.6 Å². The van der Waals surface area contributed by atoms with Crippen molar-refractivity contribution in [1.29, 1.82) is 0 Å². The summed E-state index contributed by atoms with van der Waals surface area (Å²) in [5, 5.41) is 2.90. The number of aromatic nitrogens is 1. The maximum absolute atomic E-state index is 14.2. The van der Waals surface area contributed by atoms with Crippen molar-refractivity contribution in [2.75, 3.05) is 72.7 Å². The van der Waals surface area contributed by atoms with Gasteiger partial charge >= 0.3 is 6.18 Å². The Morgan fingerprint density at radius 3 is 2.49 bits per heavy atom.